The second-order valence-electron chi connectivity index (χ2n) is 5.79. The Hall–Kier alpha value is -3.55. The quantitative estimate of drug-likeness (QED) is 0.337. The lowest BCUT2D eigenvalue weighted by Crippen LogP contribution is -2.26. The van der Waals surface area contributed by atoms with Gasteiger partial charge in [-0.15, -0.1) is 0 Å². The van der Waals surface area contributed by atoms with Gasteiger partial charge in [0.05, 0.1) is 13.5 Å². The lowest BCUT2D eigenvalue weighted by atomic mass is 10.2. The van der Waals surface area contributed by atoms with E-state index in [4.69, 9.17) is 4.74 Å². The van der Waals surface area contributed by atoms with Crippen molar-refractivity contribution >= 4 is 17.5 Å². The van der Waals surface area contributed by atoms with E-state index in [1.54, 1.807) is 14.0 Å². The van der Waals surface area contributed by atoms with Crippen molar-refractivity contribution in [1.82, 2.24) is 10.7 Å². The average Bonchev–Trinajstić information content (AvgIpc) is 2.67. The van der Waals surface area contributed by atoms with Crippen LogP contribution in [0.25, 0.3) is 0 Å². The van der Waals surface area contributed by atoms with Crippen molar-refractivity contribution in [2.45, 2.75) is 19.9 Å². The van der Waals surface area contributed by atoms with Gasteiger partial charge in [0.15, 0.2) is 11.5 Å². The van der Waals surface area contributed by atoms with Crippen LogP contribution in [0.4, 0.5) is 0 Å². The molecule has 0 aromatic heterocycles. The third-order valence-electron chi connectivity index (χ3n) is 3.65. The number of carbonyl (C=O) groups is 2. The first-order valence-electron chi connectivity index (χ1n) is 8.14. The van der Waals surface area contributed by atoms with Gasteiger partial charge in [-0.3, -0.25) is 9.59 Å². The zero-order chi connectivity index (χ0) is 19.8. The number of amides is 2. The zero-order valence-corrected chi connectivity index (χ0v) is 15.0. The summed E-state index contributed by atoms with van der Waals surface area (Å²) in [6, 6.07) is 11.0. The van der Waals surface area contributed by atoms with Crippen molar-refractivity contribution in [2.75, 3.05) is 7.11 Å². The van der Waals surface area contributed by atoms with Crippen molar-refractivity contribution < 1.29 is 24.5 Å². The van der Waals surface area contributed by atoms with Crippen LogP contribution in [0.1, 0.15) is 29.3 Å². The van der Waals surface area contributed by atoms with Gasteiger partial charge in [-0.1, -0.05) is 12.1 Å². The Morgan fingerprint density at radius 1 is 1.07 bits per heavy atom. The Bertz CT molecular complexity index is 847. The molecule has 2 rings (SSSR count). The first kappa shape index (κ1) is 19.8. The second kappa shape index (κ2) is 9.23. The first-order valence-corrected chi connectivity index (χ1v) is 8.14. The molecule has 8 nitrogen and oxygen atoms in total. The number of ether oxygens (including phenoxy) is 1. The fraction of sp³-hybridized carbons (Fsp3) is 0.211. The molecule has 0 radical (unpaired) electrons. The molecule has 2 aromatic rings. The number of benzene rings is 2. The highest BCUT2D eigenvalue weighted by Crippen LogP contribution is 2.24. The third-order valence-corrected chi connectivity index (χ3v) is 3.65. The summed E-state index contributed by atoms with van der Waals surface area (Å²) in [7, 11) is 1.59. The highest BCUT2D eigenvalue weighted by Gasteiger charge is 2.09. The maximum atomic E-state index is 12.0. The van der Waals surface area contributed by atoms with Gasteiger partial charge in [-0.2, -0.15) is 5.10 Å². The monoisotopic (exact) mass is 371 g/mol. The molecule has 0 aliphatic rings. The Labute approximate surface area is 156 Å². The van der Waals surface area contributed by atoms with Gasteiger partial charge in [0.25, 0.3) is 5.91 Å². The van der Waals surface area contributed by atoms with Gasteiger partial charge in [-0.05, 0) is 42.8 Å². The molecule has 0 unspecified atom stereocenters. The number of nitrogens with one attached hydrogen (secondary N) is 2. The molecule has 0 aliphatic carbocycles. The van der Waals surface area contributed by atoms with Crippen molar-refractivity contribution in [3.8, 4) is 17.2 Å². The average molecular weight is 371 g/mol. The van der Waals surface area contributed by atoms with Crippen LogP contribution in [-0.4, -0.2) is 34.8 Å². The van der Waals surface area contributed by atoms with E-state index in [1.807, 2.05) is 24.3 Å². The number of phenolic OH excluding ortho intramolecular Hbond substituents is 2. The molecule has 142 valence electrons. The summed E-state index contributed by atoms with van der Waals surface area (Å²) in [4.78, 5) is 23.9. The molecule has 0 heterocycles. The number of hydrazone groups is 1. The van der Waals surface area contributed by atoms with Crippen LogP contribution < -0.4 is 15.5 Å². The minimum Gasteiger partial charge on any atom is -0.504 e. The van der Waals surface area contributed by atoms with Gasteiger partial charge in [0.2, 0.25) is 5.91 Å². The molecule has 0 bridgehead atoms. The van der Waals surface area contributed by atoms with E-state index in [9.17, 15) is 19.8 Å². The number of nitrogens with zero attached hydrogens (tertiary/aromatic N) is 1. The van der Waals surface area contributed by atoms with E-state index in [0.29, 0.717) is 12.3 Å². The number of aromatic hydroxyl groups is 2. The number of methoxy groups -OCH3 is 1. The topological polar surface area (TPSA) is 120 Å². The highest BCUT2D eigenvalue weighted by molar-refractivity contribution is 6.01. The SMILES string of the molecule is COc1ccc(CNC(=O)C/C(C)=N/NC(=O)c2ccc(O)c(O)c2)cc1. The van der Waals surface area contributed by atoms with Crippen molar-refractivity contribution in [3.05, 3.63) is 53.6 Å². The lowest BCUT2D eigenvalue weighted by Gasteiger charge is -2.07. The minimum atomic E-state index is -0.566. The van der Waals surface area contributed by atoms with Crippen LogP contribution in [0, 0.1) is 0 Å². The van der Waals surface area contributed by atoms with E-state index in [0.717, 1.165) is 17.4 Å². The molecule has 0 atom stereocenters. The van der Waals surface area contributed by atoms with Crippen LogP contribution in [0.5, 0.6) is 17.2 Å². The molecule has 2 aromatic carbocycles. The number of hydrogen-bond acceptors (Lipinski definition) is 6. The van der Waals surface area contributed by atoms with E-state index in [1.165, 1.54) is 12.1 Å². The molecule has 0 fully saturated rings. The van der Waals surface area contributed by atoms with Crippen LogP contribution in [-0.2, 0) is 11.3 Å². The van der Waals surface area contributed by atoms with Crippen molar-refractivity contribution in [2.24, 2.45) is 5.10 Å². The molecular weight excluding hydrogens is 350 g/mol. The molecule has 0 spiro atoms. The lowest BCUT2D eigenvalue weighted by molar-refractivity contribution is -0.120. The number of rotatable bonds is 7. The molecule has 0 saturated carbocycles. The number of carbonyl (C=O) groups excluding carboxylic acids is 2. The Kier molecular flexibility index (Phi) is 6.76. The van der Waals surface area contributed by atoms with Gasteiger partial charge in [0.1, 0.15) is 5.75 Å². The smallest absolute Gasteiger partial charge is 0.271 e. The second-order valence-corrected chi connectivity index (χ2v) is 5.79. The van der Waals surface area contributed by atoms with Gasteiger partial charge in [0, 0.05) is 17.8 Å². The predicted octanol–water partition coefficient (Wildman–Crippen LogP) is 1.92. The standard InChI is InChI=1S/C19H21N3O5/c1-12(21-22-19(26)14-5-8-16(23)17(24)10-14)9-18(25)20-11-13-3-6-15(27-2)7-4-13/h3-8,10,23-24H,9,11H2,1-2H3,(H,20,25)(H,22,26)/b21-12+. The Morgan fingerprint density at radius 2 is 1.78 bits per heavy atom. The van der Waals surface area contributed by atoms with E-state index in [-0.39, 0.29) is 23.6 Å². The minimum absolute atomic E-state index is 0.0251. The van der Waals surface area contributed by atoms with Crippen LogP contribution in [0.15, 0.2) is 47.6 Å². The van der Waals surface area contributed by atoms with E-state index < -0.39 is 11.7 Å². The summed E-state index contributed by atoms with van der Waals surface area (Å²) in [6.07, 6.45) is 0.0251. The zero-order valence-electron chi connectivity index (χ0n) is 15.0. The molecular formula is C19H21N3O5. The fourth-order valence-electron chi connectivity index (χ4n) is 2.15. The highest BCUT2D eigenvalue weighted by atomic mass is 16.5. The van der Waals surface area contributed by atoms with Crippen LogP contribution in [0.3, 0.4) is 0 Å². The summed E-state index contributed by atoms with van der Waals surface area (Å²) in [5.74, 6) is -0.779. The van der Waals surface area contributed by atoms with Gasteiger partial charge < -0.3 is 20.3 Å². The van der Waals surface area contributed by atoms with E-state index >= 15 is 0 Å². The normalized spacial score (nSPS) is 11.0. The summed E-state index contributed by atoms with van der Waals surface area (Å²) in [5, 5.41) is 25.3. The Balaban J connectivity index is 1.82. The van der Waals surface area contributed by atoms with Crippen molar-refractivity contribution in [1.29, 1.82) is 0 Å². The number of phenols is 2. The van der Waals surface area contributed by atoms with Crippen LogP contribution in [0.2, 0.25) is 0 Å². The largest absolute Gasteiger partial charge is 0.504 e. The molecule has 2 amide bonds. The molecule has 8 heteroatoms. The maximum Gasteiger partial charge on any atom is 0.271 e. The fourth-order valence-corrected chi connectivity index (χ4v) is 2.15. The molecule has 0 saturated heterocycles. The number of hydrogen-bond donors (Lipinski definition) is 4. The third kappa shape index (κ3) is 6.03. The van der Waals surface area contributed by atoms with E-state index in [2.05, 4.69) is 15.8 Å². The molecule has 0 aliphatic heterocycles. The molecule has 27 heavy (non-hydrogen) atoms. The van der Waals surface area contributed by atoms with Crippen molar-refractivity contribution in [3.63, 3.8) is 0 Å². The first-order chi connectivity index (χ1) is 12.9. The molecule has 4 N–H and O–H groups in total. The Morgan fingerprint density at radius 3 is 2.41 bits per heavy atom. The summed E-state index contributed by atoms with van der Waals surface area (Å²) in [6.45, 7) is 1.98. The summed E-state index contributed by atoms with van der Waals surface area (Å²) >= 11 is 0. The summed E-state index contributed by atoms with van der Waals surface area (Å²) < 4.78 is 5.07. The summed E-state index contributed by atoms with van der Waals surface area (Å²) in [5.41, 5.74) is 3.78. The van der Waals surface area contributed by atoms with Gasteiger partial charge in [-0.25, -0.2) is 5.43 Å². The predicted molar refractivity (Wildman–Crippen MR) is 99.8 cm³/mol. The van der Waals surface area contributed by atoms with Crippen LogP contribution >= 0.6 is 0 Å². The van der Waals surface area contributed by atoms with Gasteiger partial charge >= 0.3 is 0 Å². The maximum absolute atomic E-state index is 12.0.